The van der Waals surface area contributed by atoms with Crippen molar-refractivity contribution in [2.75, 3.05) is 32.0 Å². The average Bonchev–Trinajstić information content (AvgIpc) is 2.46. The van der Waals surface area contributed by atoms with Gasteiger partial charge >= 0.3 is 6.03 Å². The van der Waals surface area contributed by atoms with Crippen LogP contribution in [-0.4, -0.2) is 47.8 Å². The molecule has 0 aromatic carbocycles. The number of carbonyl (C=O) groups is 1. The second-order valence-electron chi connectivity index (χ2n) is 4.06. The molecule has 0 radical (unpaired) electrons. The van der Waals surface area contributed by atoms with E-state index in [1.54, 1.807) is 4.90 Å². The predicted octanol–water partition coefficient (Wildman–Crippen LogP) is 2.17. The third kappa shape index (κ3) is 3.15. The molecule has 2 amide bonds. The fraction of sp³-hybridized carbons (Fsp3) is 0.900. The zero-order valence-corrected chi connectivity index (χ0v) is 10.6. The van der Waals surface area contributed by atoms with Crippen LogP contribution in [0.25, 0.3) is 0 Å². The Hall–Kier alpha value is -0.250. The molecule has 14 heavy (non-hydrogen) atoms. The summed E-state index contributed by atoms with van der Waals surface area (Å²) >= 11 is 3.44. The van der Waals surface area contributed by atoms with Gasteiger partial charge in [0.05, 0.1) is 0 Å². The number of urea groups is 1. The van der Waals surface area contributed by atoms with Crippen LogP contribution in [-0.2, 0) is 0 Å². The van der Waals surface area contributed by atoms with Crippen LogP contribution < -0.4 is 0 Å². The summed E-state index contributed by atoms with van der Waals surface area (Å²) in [5.74, 6) is 0.702. The lowest BCUT2D eigenvalue weighted by molar-refractivity contribution is 0.196. The number of amides is 2. The fourth-order valence-corrected chi connectivity index (χ4v) is 2.40. The van der Waals surface area contributed by atoms with E-state index in [9.17, 15) is 4.79 Å². The van der Waals surface area contributed by atoms with E-state index in [2.05, 4.69) is 22.9 Å². The first-order valence-electron chi connectivity index (χ1n) is 5.21. The minimum atomic E-state index is 0.191. The Morgan fingerprint density at radius 2 is 2.14 bits per heavy atom. The number of halogens is 1. The SMILES string of the molecule is CC(CCBr)CCN1CCN(C)C1=O. The molecule has 4 heteroatoms. The zero-order chi connectivity index (χ0) is 10.6. The Balaban J connectivity index is 2.22. The van der Waals surface area contributed by atoms with Gasteiger partial charge in [-0.15, -0.1) is 0 Å². The van der Waals surface area contributed by atoms with E-state index >= 15 is 0 Å². The summed E-state index contributed by atoms with van der Waals surface area (Å²) < 4.78 is 0. The van der Waals surface area contributed by atoms with Crippen molar-refractivity contribution in [3.05, 3.63) is 0 Å². The van der Waals surface area contributed by atoms with E-state index in [4.69, 9.17) is 0 Å². The predicted molar refractivity (Wildman–Crippen MR) is 61.8 cm³/mol. The zero-order valence-electron chi connectivity index (χ0n) is 9.00. The molecule has 0 spiro atoms. The molecule has 1 fully saturated rings. The van der Waals surface area contributed by atoms with Crippen LogP contribution in [0.1, 0.15) is 19.8 Å². The Labute approximate surface area is 94.6 Å². The van der Waals surface area contributed by atoms with E-state index in [-0.39, 0.29) is 6.03 Å². The molecule has 0 aromatic heterocycles. The van der Waals surface area contributed by atoms with Crippen molar-refractivity contribution in [2.45, 2.75) is 19.8 Å². The largest absolute Gasteiger partial charge is 0.326 e. The molecule has 3 nitrogen and oxygen atoms in total. The van der Waals surface area contributed by atoms with Gasteiger partial charge in [0.15, 0.2) is 0 Å². The molecule has 0 aliphatic carbocycles. The van der Waals surface area contributed by atoms with E-state index in [1.807, 2.05) is 11.9 Å². The Morgan fingerprint density at radius 1 is 1.43 bits per heavy atom. The summed E-state index contributed by atoms with van der Waals surface area (Å²) in [6, 6.07) is 0.191. The lowest BCUT2D eigenvalue weighted by atomic mass is 10.1. The quantitative estimate of drug-likeness (QED) is 0.697. The summed E-state index contributed by atoms with van der Waals surface area (Å²) in [6.07, 6.45) is 2.31. The molecule has 1 aliphatic rings. The summed E-state index contributed by atoms with van der Waals surface area (Å²) in [5, 5.41) is 1.06. The van der Waals surface area contributed by atoms with Crippen molar-refractivity contribution in [1.29, 1.82) is 0 Å². The van der Waals surface area contributed by atoms with Crippen molar-refractivity contribution in [2.24, 2.45) is 5.92 Å². The first-order valence-corrected chi connectivity index (χ1v) is 6.33. The molecule has 1 saturated heterocycles. The fourth-order valence-electron chi connectivity index (χ4n) is 1.62. The minimum absolute atomic E-state index is 0.191. The highest BCUT2D eigenvalue weighted by molar-refractivity contribution is 9.09. The Bertz CT molecular complexity index is 199. The van der Waals surface area contributed by atoms with E-state index in [1.165, 1.54) is 6.42 Å². The van der Waals surface area contributed by atoms with E-state index < -0.39 is 0 Å². The van der Waals surface area contributed by atoms with Crippen LogP contribution in [0.3, 0.4) is 0 Å². The molecule has 0 bridgehead atoms. The van der Waals surface area contributed by atoms with Gasteiger partial charge in [-0.1, -0.05) is 22.9 Å². The van der Waals surface area contributed by atoms with Crippen molar-refractivity contribution in [3.8, 4) is 0 Å². The highest BCUT2D eigenvalue weighted by Crippen LogP contribution is 2.13. The second kappa shape index (κ2) is 5.59. The lowest BCUT2D eigenvalue weighted by Gasteiger charge is -2.18. The normalized spacial score (nSPS) is 19.2. The smallest absolute Gasteiger partial charge is 0.319 e. The van der Waals surface area contributed by atoms with Gasteiger partial charge < -0.3 is 9.80 Å². The average molecular weight is 263 g/mol. The number of carbonyl (C=O) groups excluding carboxylic acids is 1. The second-order valence-corrected chi connectivity index (χ2v) is 4.86. The number of hydrogen-bond donors (Lipinski definition) is 0. The van der Waals surface area contributed by atoms with Crippen LogP contribution in [0.15, 0.2) is 0 Å². The van der Waals surface area contributed by atoms with Crippen LogP contribution in [0, 0.1) is 5.92 Å². The van der Waals surface area contributed by atoms with E-state index in [0.717, 1.165) is 31.4 Å². The molecule has 1 unspecified atom stereocenters. The van der Waals surface area contributed by atoms with Crippen LogP contribution in [0.2, 0.25) is 0 Å². The lowest BCUT2D eigenvalue weighted by Crippen LogP contribution is -2.30. The standard InChI is InChI=1S/C10H19BrN2O/c1-9(3-5-11)4-6-13-8-7-12(2)10(13)14/h9H,3-8H2,1-2H3. The maximum Gasteiger partial charge on any atom is 0.319 e. The molecule has 1 aliphatic heterocycles. The third-order valence-electron chi connectivity index (χ3n) is 2.80. The van der Waals surface area contributed by atoms with Gasteiger partial charge in [-0.3, -0.25) is 0 Å². The minimum Gasteiger partial charge on any atom is -0.326 e. The number of alkyl halides is 1. The number of rotatable bonds is 5. The van der Waals surface area contributed by atoms with E-state index in [0.29, 0.717) is 5.92 Å². The summed E-state index contributed by atoms with van der Waals surface area (Å²) in [5.41, 5.74) is 0. The Kier molecular flexibility index (Phi) is 4.72. The van der Waals surface area contributed by atoms with Gasteiger partial charge in [0.25, 0.3) is 0 Å². The number of nitrogens with zero attached hydrogens (tertiary/aromatic N) is 2. The summed E-state index contributed by atoms with van der Waals surface area (Å²) in [7, 11) is 1.87. The van der Waals surface area contributed by atoms with Gasteiger partial charge in [0.1, 0.15) is 0 Å². The number of likely N-dealkylation sites (N-methyl/N-ethyl adjacent to an activating group) is 1. The molecule has 1 rings (SSSR count). The van der Waals surface area contributed by atoms with Crippen molar-refractivity contribution in [1.82, 2.24) is 9.80 Å². The highest BCUT2D eigenvalue weighted by Gasteiger charge is 2.24. The molecule has 1 atom stereocenters. The molecule has 0 N–H and O–H groups in total. The first kappa shape index (κ1) is 11.8. The van der Waals surface area contributed by atoms with Gasteiger partial charge in [-0.2, -0.15) is 0 Å². The topological polar surface area (TPSA) is 23.6 Å². The maximum absolute atomic E-state index is 11.5. The van der Waals surface area contributed by atoms with Gasteiger partial charge in [-0.05, 0) is 18.8 Å². The Morgan fingerprint density at radius 3 is 2.64 bits per heavy atom. The maximum atomic E-state index is 11.5. The summed E-state index contributed by atoms with van der Waals surface area (Å²) in [4.78, 5) is 15.3. The molecule has 1 heterocycles. The van der Waals surface area contributed by atoms with Gasteiger partial charge in [0, 0.05) is 32.0 Å². The molecular formula is C10H19BrN2O. The highest BCUT2D eigenvalue weighted by atomic mass is 79.9. The van der Waals surface area contributed by atoms with Crippen molar-refractivity contribution >= 4 is 22.0 Å². The molecule has 0 aromatic rings. The van der Waals surface area contributed by atoms with Gasteiger partial charge in [-0.25, -0.2) is 4.79 Å². The monoisotopic (exact) mass is 262 g/mol. The molecule has 0 saturated carbocycles. The van der Waals surface area contributed by atoms with Gasteiger partial charge in [0.2, 0.25) is 0 Å². The summed E-state index contributed by atoms with van der Waals surface area (Å²) in [6.45, 7) is 4.94. The van der Waals surface area contributed by atoms with Crippen LogP contribution in [0.4, 0.5) is 4.79 Å². The third-order valence-corrected chi connectivity index (χ3v) is 3.25. The number of hydrogen-bond acceptors (Lipinski definition) is 1. The van der Waals surface area contributed by atoms with Crippen LogP contribution in [0.5, 0.6) is 0 Å². The molecular weight excluding hydrogens is 244 g/mol. The molecule has 82 valence electrons. The van der Waals surface area contributed by atoms with Crippen molar-refractivity contribution < 1.29 is 4.79 Å². The first-order chi connectivity index (χ1) is 6.65. The van der Waals surface area contributed by atoms with Crippen LogP contribution >= 0.6 is 15.9 Å². The van der Waals surface area contributed by atoms with Crippen molar-refractivity contribution in [3.63, 3.8) is 0 Å².